The first-order chi connectivity index (χ1) is 10.2. The molecule has 3 saturated heterocycles. The van der Waals surface area contributed by atoms with E-state index >= 15 is 0 Å². The summed E-state index contributed by atoms with van der Waals surface area (Å²) in [5.74, 6) is 0.242. The fraction of sp³-hybridized carbons (Fsp3) is 0.500. The molecular formula is C14H16N4O2S. The Kier molecular flexibility index (Phi) is 3.04. The van der Waals surface area contributed by atoms with Crippen molar-refractivity contribution in [2.75, 3.05) is 19.6 Å². The number of amides is 1. The normalized spacial score (nSPS) is 27.9. The molecule has 1 N–H and O–H groups in total. The summed E-state index contributed by atoms with van der Waals surface area (Å²) in [5.41, 5.74) is -0.164. The van der Waals surface area contributed by atoms with E-state index in [1.165, 1.54) is 21.9 Å². The number of nitrogens with zero attached hydrogens (tertiary/aromatic N) is 3. The van der Waals surface area contributed by atoms with E-state index in [2.05, 4.69) is 15.2 Å². The first kappa shape index (κ1) is 13.0. The fourth-order valence-electron chi connectivity index (χ4n) is 3.36. The van der Waals surface area contributed by atoms with Gasteiger partial charge in [-0.25, -0.2) is 4.98 Å². The first-order valence-corrected chi connectivity index (χ1v) is 8.08. The van der Waals surface area contributed by atoms with Crippen LogP contribution < -0.4 is 10.9 Å². The number of aromatic nitrogens is 2. The molecule has 3 fully saturated rings. The van der Waals surface area contributed by atoms with Crippen LogP contribution in [0.15, 0.2) is 22.6 Å². The molecule has 0 aliphatic carbocycles. The lowest BCUT2D eigenvalue weighted by molar-refractivity contribution is 0.0619. The molecule has 5 heterocycles. The number of carbonyl (C=O) groups excluding carboxylic acids is 1. The minimum Gasteiger partial charge on any atom is -0.348 e. The second-order valence-electron chi connectivity index (χ2n) is 5.75. The van der Waals surface area contributed by atoms with Crippen molar-refractivity contribution in [2.24, 2.45) is 5.92 Å². The van der Waals surface area contributed by atoms with Crippen molar-refractivity contribution >= 4 is 22.2 Å². The van der Waals surface area contributed by atoms with Crippen molar-refractivity contribution in [3.05, 3.63) is 33.7 Å². The molecule has 5 rings (SSSR count). The van der Waals surface area contributed by atoms with E-state index in [4.69, 9.17) is 0 Å². The van der Waals surface area contributed by atoms with Gasteiger partial charge in [-0.3, -0.25) is 14.0 Å². The lowest BCUT2D eigenvalue weighted by atomic mass is 9.84. The molecule has 1 atom stereocenters. The summed E-state index contributed by atoms with van der Waals surface area (Å²) in [6, 6.07) is 0.155. The molecule has 0 saturated carbocycles. The monoisotopic (exact) mass is 304 g/mol. The molecule has 2 aromatic heterocycles. The molecule has 0 aromatic carbocycles. The van der Waals surface area contributed by atoms with Crippen molar-refractivity contribution < 1.29 is 4.79 Å². The number of nitrogens with one attached hydrogen (secondary N) is 1. The van der Waals surface area contributed by atoms with Gasteiger partial charge in [0.25, 0.3) is 11.5 Å². The van der Waals surface area contributed by atoms with Crippen LogP contribution >= 0.6 is 11.3 Å². The second kappa shape index (κ2) is 4.92. The molecule has 1 amide bonds. The zero-order valence-electron chi connectivity index (χ0n) is 11.5. The Bertz CT molecular complexity index is 745. The molecule has 21 heavy (non-hydrogen) atoms. The molecule has 0 spiro atoms. The molecule has 6 nitrogen and oxygen atoms in total. The zero-order chi connectivity index (χ0) is 14.4. The summed E-state index contributed by atoms with van der Waals surface area (Å²) in [4.78, 5) is 31.8. The van der Waals surface area contributed by atoms with Gasteiger partial charge < -0.3 is 10.2 Å². The minimum atomic E-state index is -0.299. The van der Waals surface area contributed by atoms with Gasteiger partial charge in [-0.05, 0) is 31.8 Å². The van der Waals surface area contributed by atoms with Crippen molar-refractivity contribution in [1.82, 2.24) is 19.6 Å². The van der Waals surface area contributed by atoms with E-state index in [-0.39, 0.29) is 23.1 Å². The average Bonchev–Trinajstić information content (AvgIpc) is 2.98. The van der Waals surface area contributed by atoms with Crippen LogP contribution in [0.4, 0.5) is 0 Å². The molecule has 7 heteroatoms. The van der Waals surface area contributed by atoms with Gasteiger partial charge in [-0.15, -0.1) is 11.3 Å². The van der Waals surface area contributed by atoms with Gasteiger partial charge in [-0.2, -0.15) is 0 Å². The Morgan fingerprint density at radius 2 is 2.19 bits per heavy atom. The van der Waals surface area contributed by atoms with Crippen LogP contribution in [-0.4, -0.2) is 45.9 Å². The first-order valence-electron chi connectivity index (χ1n) is 7.20. The van der Waals surface area contributed by atoms with E-state index in [0.717, 1.165) is 32.5 Å². The van der Waals surface area contributed by atoms with Crippen LogP contribution in [0.5, 0.6) is 0 Å². The Hall–Kier alpha value is -1.73. The third-order valence-electron chi connectivity index (χ3n) is 4.56. The third kappa shape index (κ3) is 2.16. The minimum absolute atomic E-state index is 0.127. The quantitative estimate of drug-likeness (QED) is 0.881. The molecule has 3 aliphatic heterocycles. The topological polar surface area (TPSA) is 66.7 Å². The molecule has 2 aromatic rings. The van der Waals surface area contributed by atoms with Gasteiger partial charge in [0, 0.05) is 30.4 Å². The van der Waals surface area contributed by atoms with E-state index in [9.17, 15) is 9.59 Å². The van der Waals surface area contributed by atoms with Crippen LogP contribution in [0.1, 0.15) is 23.2 Å². The van der Waals surface area contributed by atoms with Crippen LogP contribution in [0.3, 0.4) is 0 Å². The fourth-order valence-corrected chi connectivity index (χ4v) is 4.03. The maximum atomic E-state index is 12.4. The SMILES string of the molecule is O=C(NC1CN2CCC1CC2)c1cnc2sccn2c1=O. The number of hydrogen-bond donors (Lipinski definition) is 1. The summed E-state index contributed by atoms with van der Waals surface area (Å²) < 4.78 is 1.43. The second-order valence-corrected chi connectivity index (χ2v) is 6.62. The Morgan fingerprint density at radius 3 is 2.90 bits per heavy atom. The highest BCUT2D eigenvalue weighted by Gasteiger charge is 2.35. The van der Waals surface area contributed by atoms with Crippen LogP contribution in [-0.2, 0) is 0 Å². The van der Waals surface area contributed by atoms with Crippen LogP contribution in [0, 0.1) is 5.92 Å². The van der Waals surface area contributed by atoms with Gasteiger partial charge in [-0.1, -0.05) is 0 Å². The van der Waals surface area contributed by atoms with Crippen molar-refractivity contribution in [3.63, 3.8) is 0 Å². The highest BCUT2D eigenvalue weighted by atomic mass is 32.1. The predicted molar refractivity (Wildman–Crippen MR) is 79.8 cm³/mol. The summed E-state index contributed by atoms with van der Waals surface area (Å²) >= 11 is 1.38. The summed E-state index contributed by atoms with van der Waals surface area (Å²) in [7, 11) is 0. The van der Waals surface area contributed by atoms with Crippen LogP contribution in [0.25, 0.3) is 4.96 Å². The smallest absolute Gasteiger partial charge is 0.271 e. The lowest BCUT2D eigenvalue weighted by Crippen LogP contribution is -2.57. The Morgan fingerprint density at radius 1 is 1.38 bits per heavy atom. The third-order valence-corrected chi connectivity index (χ3v) is 5.33. The summed E-state index contributed by atoms with van der Waals surface area (Å²) in [6.45, 7) is 3.15. The lowest BCUT2D eigenvalue weighted by Gasteiger charge is -2.44. The van der Waals surface area contributed by atoms with E-state index < -0.39 is 0 Å². The van der Waals surface area contributed by atoms with Gasteiger partial charge in [0.15, 0.2) is 4.96 Å². The van der Waals surface area contributed by atoms with E-state index in [1.54, 1.807) is 11.6 Å². The molecule has 3 aliphatic rings. The summed E-state index contributed by atoms with van der Waals surface area (Å²) in [5, 5.41) is 4.82. The van der Waals surface area contributed by atoms with Gasteiger partial charge in [0.2, 0.25) is 0 Å². The highest BCUT2D eigenvalue weighted by Crippen LogP contribution is 2.27. The maximum absolute atomic E-state index is 12.4. The van der Waals surface area contributed by atoms with Crippen molar-refractivity contribution in [2.45, 2.75) is 18.9 Å². The number of fused-ring (bicyclic) bond motifs is 4. The number of piperidine rings is 3. The van der Waals surface area contributed by atoms with E-state index in [0.29, 0.717) is 10.9 Å². The summed E-state index contributed by atoms with van der Waals surface area (Å²) in [6.07, 6.45) is 5.31. The Labute approximate surface area is 125 Å². The van der Waals surface area contributed by atoms with Gasteiger partial charge >= 0.3 is 0 Å². The predicted octanol–water partition coefficient (Wildman–Crippen LogP) is 0.580. The van der Waals surface area contributed by atoms with Crippen molar-refractivity contribution in [3.8, 4) is 0 Å². The largest absolute Gasteiger partial charge is 0.348 e. The standard InChI is InChI=1S/C14H16N4O2S/c19-12(16-11-8-17-3-1-9(11)2-4-17)10-7-15-14-18(13(10)20)5-6-21-14/h5-7,9,11H,1-4,8H2,(H,16,19). The average molecular weight is 304 g/mol. The molecular weight excluding hydrogens is 288 g/mol. The zero-order valence-corrected chi connectivity index (χ0v) is 12.3. The number of rotatable bonds is 2. The number of thiazole rings is 1. The maximum Gasteiger partial charge on any atom is 0.271 e. The highest BCUT2D eigenvalue weighted by molar-refractivity contribution is 7.15. The molecule has 2 bridgehead atoms. The van der Waals surface area contributed by atoms with Gasteiger partial charge in [0.1, 0.15) is 5.56 Å². The van der Waals surface area contributed by atoms with Crippen molar-refractivity contribution in [1.29, 1.82) is 0 Å². The molecule has 1 unspecified atom stereocenters. The number of hydrogen-bond acceptors (Lipinski definition) is 5. The van der Waals surface area contributed by atoms with E-state index in [1.807, 2.05) is 0 Å². The van der Waals surface area contributed by atoms with Crippen LogP contribution in [0.2, 0.25) is 0 Å². The molecule has 0 radical (unpaired) electrons. The number of carbonyl (C=O) groups is 1. The Balaban J connectivity index is 1.59. The molecule has 110 valence electrons. The van der Waals surface area contributed by atoms with Gasteiger partial charge in [0.05, 0.1) is 0 Å².